The van der Waals surface area contributed by atoms with Crippen LogP contribution in [0.5, 0.6) is 5.75 Å². The van der Waals surface area contributed by atoms with Crippen LogP contribution in [0, 0.1) is 19.8 Å². The summed E-state index contributed by atoms with van der Waals surface area (Å²) in [4.78, 5) is 30.3. The van der Waals surface area contributed by atoms with Gasteiger partial charge < -0.3 is 19.9 Å². The third kappa shape index (κ3) is 3.90. The van der Waals surface area contributed by atoms with Gasteiger partial charge in [-0.2, -0.15) is 0 Å². The van der Waals surface area contributed by atoms with Crippen molar-refractivity contribution < 1.29 is 14.3 Å². The summed E-state index contributed by atoms with van der Waals surface area (Å²) < 4.78 is 5.32. The van der Waals surface area contributed by atoms with Crippen molar-refractivity contribution in [2.45, 2.75) is 26.7 Å². The molecule has 1 saturated heterocycles. The van der Waals surface area contributed by atoms with Gasteiger partial charge in [-0.05, 0) is 61.2 Å². The Labute approximate surface area is 176 Å². The van der Waals surface area contributed by atoms with Crippen molar-refractivity contribution in [1.29, 1.82) is 0 Å². The maximum Gasteiger partial charge on any atom is 0.229 e. The van der Waals surface area contributed by atoms with Gasteiger partial charge in [-0.3, -0.25) is 9.59 Å². The van der Waals surface area contributed by atoms with E-state index in [1.807, 2.05) is 56.4 Å². The Morgan fingerprint density at radius 3 is 2.90 bits per heavy atom. The molecule has 2 amide bonds. The number of ether oxygens (including phenoxy) is 1. The third-order valence-corrected chi connectivity index (χ3v) is 6.07. The molecule has 1 aliphatic heterocycles. The maximum atomic E-state index is 12.7. The van der Waals surface area contributed by atoms with Crippen LogP contribution in [0.15, 0.2) is 42.6 Å². The summed E-state index contributed by atoms with van der Waals surface area (Å²) in [6, 6.07) is 11.8. The standard InChI is InChI=1S/C24H27N3O3/c1-15-5-4-6-21(16(15)2)26-24(29)18-11-23(28)27(14-18)10-9-17-13-25-22-8-7-19(30-3)12-20(17)22/h4-8,12-13,18,25H,9-11,14H2,1-3H3,(H,26,29). The number of benzene rings is 2. The summed E-state index contributed by atoms with van der Waals surface area (Å²) in [5.74, 6) is 0.439. The number of fused-ring (bicyclic) bond motifs is 1. The number of nitrogens with one attached hydrogen (secondary N) is 2. The molecular weight excluding hydrogens is 378 g/mol. The molecule has 30 heavy (non-hydrogen) atoms. The minimum atomic E-state index is -0.319. The number of methoxy groups -OCH3 is 1. The number of H-pyrrole nitrogens is 1. The molecule has 3 aromatic rings. The molecule has 0 aliphatic carbocycles. The summed E-state index contributed by atoms with van der Waals surface area (Å²) in [6.45, 7) is 5.07. The molecule has 0 saturated carbocycles. The first-order chi connectivity index (χ1) is 14.5. The number of amides is 2. The number of hydrogen-bond donors (Lipinski definition) is 2. The average molecular weight is 405 g/mol. The van der Waals surface area contributed by atoms with Gasteiger partial charge in [0.15, 0.2) is 0 Å². The van der Waals surface area contributed by atoms with Crippen molar-refractivity contribution in [3.63, 3.8) is 0 Å². The number of carbonyl (C=O) groups excluding carboxylic acids is 2. The Morgan fingerprint density at radius 2 is 2.10 bits per heavy atom. The van der Waals surface area contributed by atoms with Gasteiger partial charge in [0.1, 0.15) is 5.75 Å². The molecular formula is C24H27N3O3. The minimum Gasteiger partial charge on any atom is -0.497 e. The van der Waals surface area contributed by atoms with E-state index < -0.39 is 0 Å². The number of carbonyl (C=O) groups is 2. The molecule has 4 rings (SSSR count). The van der Waals surface area contributed by atoms with Gasteiger partial charge in [0.25, 0.3) is 0 Å². The monoisotopic (exact) mass is 405 g/mol. The molecule has 6 heteroatoms. The molecule has 1 aromatic heterocycles. The van der Waals surface area contributed by atoms with E-state index in [0.29, 0.717) is 13.1 Å². The van der Waals surface area contributed by atoms with Crippen molar-refractivity contribution in [2.24, 2.45) is 5.92 Å². The van der Waals surface area contributed by atoms with E-state index in [1.165, 1.54) is 0 Å². The highest BCUT2D eigenvalue weighted by Gasteiger charge is 2.34. The number of hydrogen-bond acceptors (Lipinski definition) is 3. The Balaban J connectivity index is 1.39. The highest BCUT2D eigenvalue weighted by Crippen LogP contribution is 2.26. The van der Waals surface area contributed by atoms with Crippen LogP contribution in [0.2, 0.25) is 0 Å². The van der Waals surface area contributed by atoms with E-state index in [0.717, 1.165) is 45.5 Å². The summed E-state index contributed by atoms with van der Waals surface area (Å²) in [5, 5.41) is 4.11. The smallest absolute Gasteiger partial charge is 0.229 e. The molecule has 1 unspecified atom stereocenters. The molecule has 156 valence electrons. The molecule has 0 bridgehead atoms. The Hall–Kier alpha value is -3.28. The summed E-state index contributed by atoms with van der Waals surface area (Å²) in [5.41, 5.74) is 5.19. The molecule has 1 atom stereocenters. The van der Waals surface area contributed by atoms with Crippen LogP contribution in [-0.2, 0) is 16.0 Å². The maximum absolute atomic E-state index is 12.7. The van der Waals surface area contributed by atoms with Crippen LogP contribution >= 0.6 is 0 Å². The van der Waals surface area contributed by atoms with Crippen LogP contribution in [-0.4, -0.2) is 41.9 Å². The van der Waals surface area contributed by atoms with Gasteiger partial charge in [0.05, 0.1) is 13.0 Å². The van der Waals surface area contributed by atoms with E-state index in [-0.39, 0.29) is 24.2 Å². The number of rotatable bonds is 6. The van der Waals surface area contributed by atoms with Crippen LogP contribution in [0.4, 0.5) is 5.69 Å². The zero-order valence-electron chi connectivity index (χ0n) is 17.6. The second-order valence-corrected chi connectivity index (χ2v) is 7.95. The fourth-order valence-electron chi connectivity index (χ4n) is 4.03. The van der Waals surface area contributed by atoms with Gasteiger partial charge in [-0.1, -0.05) is 12.1 Å². The largest absolute Gasteiger partial charge is 0.497 e. The number of anilines is 1. The summed E-state index contributed by atoms with van der Waals surface area (Å²) in [7, 11) is 1.65. The van der Waals surface area contributed by atoms with Crippen molar-refractivity contribution in [3.8, 4) is 5.75 Å². The Morgan fingerprint density at radius 1 is 1.27 bits per heavy atom. The number of likely N-dealkylation sites (tertiary alicyclic amines) is 1. The van der Waals surface area contributed by atoms with E-state index >= 15 is 0 Å². The lowest BCUT2D eigenvalue weighted by molar-refractivity contribution is -0.128. The predicted molar refractivity (Wildman–Crippen MR) is 118 cm³/mol. The van der Waals surface area contributed by atoms with Crippen LogP contribution in [0.1, 0.15) is 23.1 Å². The second kappa shape index (κ2) is 8.22. The van der Waals surface area contributed by atoms with E-state index in [2.05, 4.69) is 10.3 Å². The first kappa shape index (κ1) is 20.0. The quantitative estimate of drug-likeness (QED) is 0.655. The topological polar surface area (TPSA) is 74.4 Å². The lowest BCUT2D eigenvalue weighted by Gasteiger charge is -2.17. The molecule has 1 fully saturated rings. The van der Waals surface area contributed by atoms with Crippen molar-refractivity contribution in [1.82, 2.24) is 9.88 Å². The van der Waals surface area contributed by atoms with Crippen LogP contribution in [0.3, 0.4) is 0 Å². The summed E-state index contributed by atoms with van der Waals surface area (Å²) in [6.07, 6.45) is 2.97. The number of aryl methyl sites for hydroxylation is 1. The fraction of sp³-hybridized carbons (Fsp3) is 0.333. The van der Waals surface area contributed by atoms with Crippen LogP contribution in [0.25, 0.3) is 10.9 Å². The first-order valence-electron chi connectivity index (χ1n) is 10.2. The highest BCUT2D eigenvalue weighted by molar-refractivity contribution is 5.97. The van der Waals surface area contributed by atoms with Crippen molar-refractivity contribution >= 4 is 28.4 Å². The van der Waals surface area contributed by atoms with Gasteiger partial charge in [0.2, 0.25) is 11.8 Å². The normalized spacial score (nSPS) is 16.3. The first-order valence-corrected chi connectivity index (χ1v) is 10.2. The highest BCUT2D eigenvalue weighted by atomic mass is 16.5. The Kier molecular flexibility index (Phi) is 5.48. The Bertz CT molecular complexity index is 1100. The SMILES string of the molecule is COc1ccc2[nH]cc(CCN3CC(C(=O)Nc4cccc(C)c4C)CC3=O)c2c1. The van der Waals surface area contributed by atoms with Gasteiger partial charge in [-0.15, -0.1) is 0 Å². The van der Waals surface area contributed by atoms with Gasteiger partial charge in [0, 0.05) is 42.3 Å². The molecule has 1 aliphatic rings. The molecule has 6 nitrogen and oxygen atoms in total. The number of aromatic amines is 1. The molecule has 2 aromatic carbocycles. The lowest BCUT2D eigenvalue weighted by atomic mass is 10.1. The summed E-state index contributed by atoms with van der Waals surface area (Å²) >= 11 is 0. The average Bonchev–Trinajstić information content (AvgIpc) is 3.32. The van der Waals surface area contributed by atoms with Crippen LogP contribution < -0.4 is 10.1 Å². The van der Waals surface area contributed by atoms with E-state index in [9.17, 15) is 9.59 Å². The number of aromatic nitrogens is 1. The van der Waals surface area contributed by atoms with E-state index in [1.54, 1.807) is 12.0 Å². The van der Waals surface area contributed by atoms with Gasteiger partial charge >= 0.3 is 0 Å². The van der Waals surface area contributed by atoms with Crippen molar-refractivity contribution in [2.75, 3.05) is 25.5 Å². The zero-order valence-corrected chi connectivity index (χ0v) is 17.6. The fourth-order valence-corrected chi connectivity index (χ4v) is 4.03. The van der Waals surface area contributed by atoms with Crippen molar-refractivity contribution in [3.05, 3.63) is 59.3 Å². The second-order valence-electron chi connectivity index (χ2n) is 7.95. The molecule has 2 heterocycles. The lowest BCUT2D eigenvalue weighted by Crippen LogP contribution is -2.30. The minimum absolute atomic E-state index is 0.0357. The predicted octanol–water partition coefficient (Wildman–Crippen LogP) is 3.82. The number of nitrogens with zero attached hydrogens (tertiary/aromatic N) is 1. The molecule has 0 spiro atoms. The van der Waals surface area contributed by atoms with Gasteiger partial charge in [-0.25, -0.2) is 0 Å². The zero-order chi connectivity index (χ0) is 21.3. The third-order valence-electron chi connectivity index (χ3n) is 6.07. The molecule has 2 N–H and O–H groups in total. The molecule has 0 radical (unpaired) electrons. The van der Waals surface area contributed by atoms with E-state index in [4.69, 9.17) is 4.74 Å².